The van der Waals surface area contributed by atoms with Crippen LogP contribution in [-0.2, 0) is 4.79 Å². The minimum Gasteiger partial charge on any atom is -0.311 e. The third-order valence-corrected chi connectivity index (χ3v) is 4.54. The predicted octanol–water partition coefficient (Wildman–Crippen LogP) is 1.71. The topological polar surface area (TPSA) is 66.9 Å². The molecule has 3 heterocycles. The Morgan fingerprint density at radius 1 is 1.44 bits per heavy atom. The maximum atomic E-state index is 11.9. The molecule has 98 valence electrons. The highest BCUT2D eigenvalue weighted by Crippen LogP contribution is 2.32. The van der Waals surface area contributed by atoms with Crippen molar-refractivity contribution in [1.29, 1.82) is 0 Å². The van der Waals surface area contributed by atoms with Crippen LogP contribution in [0.3, 0.4) is 0 Å². The molecule has 2 aliphatic heterocycles. The van der Waals surface area contributed by atoms with E-state index in [0.717, 1.165) is 18.7 Å². The summed E-state index contributed by atoms with van der Waals surface area (Å²) in [5, 5.41) is 7.06. The fourth-order valence-corrected chi connectivity index (χ4v) is 3.71. The van der Waals surface area contributed by atoms with Crippen molar-refractivity contribution < 1.29 is 4.79 Å². The Bertz CT molecular complexity index is 435. The smallest absolute Gasteiger partial charge is 0.226 e. The van der Waals surface area contributed by atoms with E-state index in [1.54, 1.807) is 0 Å². The summed E-state index contributed by atoms with van der Waals surface area (Å²) in [6.45, 7) is 1.83. The molecule has 2 N–H and O–H groups in total. The first kappa shape index (κ1) is 12.0. The summed E-state index contributed by atoms with van der Waals surface area (Å²) in [6.07, 6.45) is 5.45. The lowest BCUT2D eigenvalue weighted by Crippen LogP contribution is -2.39. The molecule has 0 aliphatic carbocycles. The Labute approximate surface area is 111 Å². The SMILES string of the molecule is Cc1nsc(NC(=O)CC2CC3CCC(C2)N3)n1. The molecule has 0 aromatic carbocycles. The molecule has 5 nitrogen and oxygen atoms in total. The van der Waals surface area contributed by atoms with Crippen LogP contribution in [0.1, 0.15) is 37.9 Å². The van der Waals surface area contributed by atoms with Crippen molar-refractivity contribution in [3.8, 4) is 0 Å². The average Bonchev–Trinajstić information content (AvgIpc) is 2.85. The molecule has 6 heteroatoms. The van der Waals surface area contributed by atoms with Crippen molar-refractivity contribution in [3.63, 3.8) is 0 Å². The molecule has 1 aromatic rings. The van der Waals surface area contributed by atoms with Crippen LogP contribution in [0.2, 0.25) is 0 Å². The quantitative estimate of drug-likeness (QED) is 0.874. The van der Waals surface area contributed by atoms with Gasteiger partial charge in [-0.1, -0.05) is 0 Å². The molecule has 2 bridgehead atoms. The maximum absolute atomic E-state index is 11.9. The fraction of sp³-hybridized carbons (Fsp3) is 0.750. The van der Waals surface area contributed by atoms with Gasteiger partial charge in [0.2, 0.25) is 11.0 Å². The first-order valence-corrected chi connectivity index (χ1v) is 7.32. The van der Waals surface area contributed by atoms with E-state index in [-0.39, 0.29) is 5.91 Å². The van der Waals surface area contributed by atoms with E-state index in [1.807, 2.05) is 6.92 Å². The molecule has 2 unspecified atom stereocenters. The number of nitrogens with zero attached hydrogens (tertiary/aromatic N) is 2. The number of aryl methyl sites for hydroxylation is 1. The van der Waals surface area contributed by atoms with Gasteiger partial charge in [0, 0.05) is 30.0 Å². The number of nitrogens with one attached hydrogen (secondary N) is 2. The number of fused-ring (bicyclic) bond motifs is 2. The maximum Gasteiger partial charge on any atom is 0.226 e. The molecule has 0 spiro atoms. The van der Waals surface area contributed by atoms with Gasteiger partial charge in [0.05, 0.1) is 0 Å². The second kappa shape index (κ2) is 4.93. The minimum absolute atomic E-state index is 0.0810. The molecule has 18 heavy (non-hydrogen) atoms. The monoisotopic (exact) mass is 266 g/mol. The van der Waals surface area contributed by atoms with Crippen LogP contribution in [0, 0.1) is 12.8 Å². The number of hydrogen-bond acceptors (Lipinski definition) is 5. The van der Waals surface area contributed by atoms with Crippen molar-refractivity contribution >= 4 is 22.6 Å². The number of aromatic nitrogens is 2. The van der Waals surface area contributed by atoms with Gasteiger partial charge in [0.15, 0.2) is 0 Å². The van der Waals surface area contributed by atoms with Crippen LogP contribution in [0.15, 0.2) is 0 Å². The summed E-state index contributed by atoms with van der Waals surface area (Å²) < 4.78 is 4.06. The van der Waals surface area contributed by atoms with Gasteiger partial charge in [0.1, 0.15) is 5.82 Å². The molecule has 2 aliphatic rings. The van der Waals surface area contributed by atoms with Crippen LogP contribution >= 0.6 is 11.5 Å². The Morgan fingerprint density at radius 2 is 2.17 bits per heavy atom. The molecule has 2 fully saturated rings. The number of hydrogen-bond donors (Lipinski definition) is 2. The molecule has 2 atom stereocenters. The number of carbonyl (C=O) groups excluding carboxylic acids is 1. The van der Waals surface area contributed by atoms with E-state index in [0.29, 0.717) is 29.6 Å². The fourth-order valence-electron chi connectivity index (χ4n) is 3.12. The van der Waals surface area contributed by atoms with Crippen LogP contribution in [0.5, 0.6) is 0 Å². The Balaban J connectivity index is 1.52. The minimum atomic E-state index is 0.0810. The molecule has 3 rings (SSSR count). The molecule has 1 aromatic heterocycles. The lowest BCUT2D eigenvalue weighted by Gasteiger charge is -2.28. The molecular formula is C12H18N4OS. The summed E-state index contributed by atoms with van der Waals surface area (Å²) >= 11 is 1.25. The van der Waals surface area contributed by atoms with Crippen LogP contribution in [-0.4, -0.2) is 27.3 Å². The van der Waals surface area contributed by atoms with E-state index < -0.39 is 0 Å². The highest BCUT2D eigenvalue weighted by atomic mass is 32.1. The van der Waals surface area contributed by atoms with Crippen LogP contribution < -0.4 is 10.6 Å². The zero-order valence-corrected chi connectivity index (χ0v) is 11.3. The third-order valence-electron chi connectivity index (χ3n) is 3.82. The van der Waals surface area contributed by atoms with Gasteiger partial charge < -0.3 is 10.6 Å². The summed E-state index contributed by atoms with van der Waals surface area (Å²) in [4.78, 5) is 16.1. The molecular weight excluding hydrogens is 248 g/mol. The second-order valence-corrected chi connectivity index (χ2v) is 6.13. The lowest BCUT2D eigenvalue weighted by atomic mass is 9.89. The van der Waals surface area contributed by atoms with Crippen molar-refractivity contribution in [2.45, 2.75) is 51.1 Å². The summed E-state index contributed by atoms with van der Waals surface area (Å²) in [7, 11) is 0. The number of amides is 1. The highest BCUT2D eigenvalue weighted by Gasteiger charge is 2.34. The van der Waals surface area contributed by atoms with Crippen molar-refractivity contribution in [3.05, 3.63) is 5.82 Å². The zero-order chi connectivity index (χ0) is 12.5. The first-order valence-electron chi connectivity index (χ1n) is 6.55. The van der Waals surface area contributed by atoms with Gasteiger partial charge >= 0.3 is 0 Å². The van der Waals surface area contributed by atoms with E-state index in [4.69, 9.17) is 0 Å². The van der Waals surface area contributed by atoms with Gasteiger partial charge in [-0.2, -0.15) is 4.37 Å². The van der Waals surface area contributed by atoms with E-state index in [2.05, 4.69) is 20.0 Å². The molecule has 1 amide bonds. The Hall–Kier alpha value is -1.01. The van der Waals surface area contributed by atoms with Gasteiger partial charge in [-0.25, -0.2) is 4.98 Å². The summed E-state index contributed by atoms with van der Waals surface area (Å²) in [5.41, 5.74) is 0. The molecule has 2 saturated heterocycles. The largest absolute Gasteiger partial charge is 0.311 e. The van der Waals surface area contributed by atoms with Gasteiger partial charge in [-0.15, -0.1) is 0 Å². The van der Waals surface area contributed by atoms with E-state index in [9.17, 15) is 4.79 Å². The predicted molar refractivity (Wildman–Crippen MR) is 70.6 cm³/mol. The standard InChI is InChI=1S/C12H18N4OS/c1-7-13-12(18-16-7)15-11(17)6-8-4-9-2-3-10(5-8)14-9/h8-10,14H,2-6H2,1H3,(H,13,15,16,17). The molecule has 0 radical (unpaired) electrons. The normalized spacial score (nSPS) is 30.4. The number of anilines is 1. The van der Waals surface area contributed by atoms with Crippen molar-refractivity contribution in [2.24, 2.45) is 5.92 Å². The zero-order valence-electron chi connectivity index (χ0n) is 10.5. The highest BCUT2D eigenvalue weighted by molar-refractivity contribution is 7.09. The van der Waals surface area contributed by atoms with Gasteiger partial charge in [-0.3, -0.25) is 4.79 Å². The van der Waals surface area contributed by atoms with E-state index in [1.165, 1.54) is 24.4 Å². The summed E-state index contributed by atoms with van der Waals surface area (Å²) in [6, 6.07) is 1.29. The van der Waals surface area contributed by atoms with Crippen molar-refractivity contribution in [1.82, 2.24) is 14.7 Å². The van der Waals surface area contributed by atoms with Gasteiger partial charge in [-0.05, 0) is 38.5 Å². The molecule has 0 saturated carbocycles. The Kier molecular flexibility index (Phi) is 3.30. The Morgan fingerprint density at radius 3 is 2.78 bits per heavy atom. The van der Waals surface area contributed by atoms with Crippen molar-refractivity contribution in [2.75, 3.05) is 5.32 Å². The van der Waals surface area contributed by atoms with Gasteiger partial charge in [0.25, 0.3) is 0 Å². The lowest BCUT2D eigenvalue weighted by molar-refractivity contribution is -0.117. The van der Waals surface area contributed by atoms with Crippen LogP contribution in [0.25, 0.3) is 0 Å². The number of carbonyl (C=O) groups is 1. The van der Waals surface area contributed by atoms with E-state index >= 15 is 0 Å². The third kappa shape index (κ3) is 2.70. The first-order chi connectivity index (χ1) is 8.69. The summed E-state index contributed by atoms with van der Waals surface area (Å²) in [5.74, 6) is 1.32. The second-order valence-electron chi connectivity index (χ2n) is 5.37. The number of rotatable bonds is 3. The average molecular weight is 266 g/mol. The number of piperidine rings is 1. The van der Waals surface area contributed by atoms with Crippen LogP contribution in [0.4, 0.5) is 5.13 Å².